The SMILES string of the molecule is O=C(c1cccc2ccccc12)C1CCCCCCC1. The van der Waals surface area contributed by atoms with E-state index in [4.69, 9.17) is 0 Å². The normalized spacial score (nSPS) is 17.6. The molecule has 0 atom stereocenters. The van der Waals surface area contributed by atoms with Crippen LogP contribution in [0.5, 0.6) is 0 Å². The first-order valence-electron chi connectivity index (χ1n) is 7.88. The van der Waals surface area contributed by atoms with Gasteiger partial charge >= 0.3 is 0 Å². The molecule has 0 radical (unpaired) electrons. The molecular formula is C19H22O. The molecule has 1 heteroatoms. The number of hydrogen-bond donors (Lipinski definition) is 0. The van der Waals surface area contributed by atoms with Gasteiger partial charge in [-0.1, -0.05) is 74.6 Å². The summed E-state index contributed by atoms with van der Waals surface area (Å²) in [5.74, 6) is 0.602. The van der Waals surface area contributed by atoms with E-state index < -0.39 is 0 Å². The molecule has 2 aromatic carbocycles. The van der Waals surface area contributed by atoms with E-state index in [1.807, 2.05) is 24.3 Å². The Morgan fingerprint density at radius 2 is 1.45 bits per heavy atom. The summed E-state index contributed by atoms with van der Waals surface area (Å²) in [6, 6.07) is 14.3. The van der Waals surface area contributed by atoms with E-state index in [-0.39, 0.29) is 5.92 Å². The number of hydrogen-bond acceptors (Lipinski definition) is 1. The molecule has 1 aliphatic rings. The van der Waals surface area contributed by atoms with E-state index in [0.717, 1.165) is 23.8 Å². The molecule has 0 saturated heterocycles. The van der Waals surface area contributed by atoms with Gasteiger partial charge in [0, 0.05) is 11.5 Å². The number of benzene rings is 2. The predicted molar refractivity (Wildman–Crippen MR) is 84.1 cm³/mol. The summed E-state index contributed by atoms with van der Waals surface area (Å²) in [6.07, 6.45) is 8.49. The number of fused-ring (bicyclic) bond motifs is 1. The third-order valence-corrected chi connectivity index (χ3v) is 4.53. The zero-order chi connectivity index (χ0) is 13.8. The lowest BCUT2D eigenvalue weighted by molar-refractivity contribution is 0.0900. The van der Waals surface area contributed by atoms with Crippen molar-refractivity contribution in [3.8, 4) is 0 Å². The van der Waals surface area contributed by atoms with Gasteiger partial charge in [-0.2, -0.15) is 0 Å². The summed E-state index contributed by atoms with van der Waals surface area (Å²) in [6.45, 7) is 0. The van der Waals surface area contributed by atoms with Gasteiger partial charge in [0.05, 0.1) is 0 Å². The van der Waals surface area contributed by atoms with Crippen molar-refractivity contribution in [1.29, 1.82) is 0 Å². The lowest BCUT2D eigenvalue weighted by atomic mass is 9.84. The van der Waals surface area contributed by atoms with Crippen molar-refractivity contribution in [2.75, 3.05) is 0 Å². The van der Waals surface area contributed by atoms with Crippen LogP contribution in [0.25, 0.3) is 10.8 Å². The second kappa shape index (κ2) is 6.21. The molecule has 0 unspecified atom stereocenters. The van der Waals surface area contributed by atoms with Crippen LogP contribution in [-0.4, -0.2) is 5.78 Å². The molecular weight excluding hydrogens is 244 g/mol. The van der Waals surface area contributed by atoms with Crippen molar-refractivity contribution in [3.63, 3.8) is 0 Å². The number of carbonyl (C=O) groups excluding carboxylic acids is 1. The average Bonchev–Trinajstić information content (AvgIpc) is 2.46. The zero-order valence-corrected chi connectivity index (χ0v) is 12.0. The number of Topliss-reactive ketones (excluding diaryl/α,β-unsaturated/α-hetero) is 1. The molecule has 2 aromatic rings. The van der Waals surface area contributed by atoms with Gasteiger partial charge in [-0.15, -0.1) is 0 Å². The summed E-state index contributed by atoms with van der Waals surface area (Å²) >= 11 is 0. The largest absolute Gasteiger partial charge is 0.294 e. The predicted octanol–water partition coefficient (Wildman–Crippen LogP) is 5.38. The Hall–Kier alpha value is -1.63. The Morgan fingerprint density at radius 3 is 2.25 bits per heavy atom. The first-order valence-corrected chi connectivity index (χ1v) is 7.88. The van der Waals surface area contributed by atoms with Crippen LogP contribution in [0.2, 0.25) is 0 Å². The fourth-order valence-corrected chi connectivity index (χ4v) is 3.38. The minimum absolute atomic E-state index is 0.237. The molecule has 104 valence electrons. The Bertz CT molecular complexity index is 586. The van der Waals surface area contributed by atoms with Crippen LogP contribution in [0, 0.1) is 5.92 Å². The lowest BCUT2D eigenvalue weighted by Gasteiger charge is -2.19. The van der Waals surface area contributed by atoms with Crippen molar-refractivity contribution in [1.82, 2.24) is 0 Å². The summed E-state index contributed by atoms with van der Waals surface area (Å²) in [4.78, 5) is 12.9. The Morgan fingerprint density at radius 1 is 0.800 bits per heavy atom. The van der Waals surface area contributed by atoms with Crippen molar-refractivity contribution in [3.05, 3.63) is 48.0 Å². The fourth-order valence-electron chi connectivity index (χ4n) is 3.38. The van der Waals surface area contributed by atoms with Crippen molar-refractivity contribution < 1.29 is 4.79 Å². The van der Waals surface area contributed by atoms with Gasteiger partial charge in [0.1, 0.15) is 0 Å². The lowest BCUT2D eigenvalue weighted by Crippen LogP contribution is -2.16. The number of carbonyl (C=O) groups is 1. The molecule has 0 bridgehead atoms. The molecule has 20 heavy (non-hydrogen) atoms. The smallest absolute Gasteiger partial charge is 0.166 e. The monoisotopic (exact) mass is 266 g/mol. The molecule has 1 fully saturated rings. The van der Waals surface area contributed by atoms with Gasteiger partial charge in [-0.05, 0) is 23.6 Å². The van der Waals surface area contributed by atoms with Crippen molar-refractivity contribution in [2.24, 2.45) is 5.92 Å². The second-order valence-electron chi connectivity index (χ2n) is 5.93. The van der Waals surface area contributed by atoms with Crippen LogP contribution in [0.4, 0.5) is 0 Å². The second-order valence-corrected chi connectivity index (χ2v) is 5.93. The summed E-state index contributed by atoms with van der Waals surface area (Å²) in [5, 5.41) is 2.28. The maximum absolute atomic E-state index is 12.9. The molecule has 0 N–H and O–H groups in total. The fraction of sp³-hybridized carbons (Fsp3) is 0.421. The van der Waals surface area contributed by atoms with Crippen LogP contribution in [0.3, 0.4) is 0 Å². The van der Waals surface area contributed by atoms with E-state index in [9.17, 15) is 4.79 Å². The van der Waals surface area contributed by atoms with Crippen molar-refractivity contribution in [2.45, 2.75) is 44.9 Å². The Kier molecular flexibility index (Phi) is 4.15. The minimum atomic E-state index is 0.237. The molecule has 0 amide bonds. The maximum Gasteiger partial charge on any atom is 0.166 e. The molecule has 1 saturated carbocycles. The standard InChI is InChI=1S/C19H22O/c20-19(16-10-4-2-1-3-5-11-16)18-14-8-12-15-9-6-7-13-17(15)18/h6-9,12-14,16H,1-5,10-11H2. The number of rotatable bonds is 2. The summed E-state index contributed by atoms with van der Waals surface area (Å²) in [5.41, 5.74) is 0.925. The van der Waals surface area contributed by atoms with Gasteiger partial charge in [-0.25, -0.2) is 0 Å². The summed E-state index contributed by atoms with van der Waals surface area (Å²) < 4.78 is 0. The molecule has 0 heterocycles. The van der Waals surface area contributed by atoms with Crippen molar-refractivity contribution >= 4 is 16.6 Å². The Balaban J connectivity index is 1.91. The molecule has 1 aliphatic carbocycles. The van der Waals surface area contributed by atoms with Gasteiger partial charge in [0.15, 0.2) is 5.78 Å². The average molecular weight is 266 g/mol. The highest BCUT2D eigenvalue weighted by Gasteiger charge is 2.21. The van der Waals surface area contributed by atoms with Crippen LogP contribution in [0.1, 0.15) is 55.3 Å². The molecule has 0 aliphatic heterocycles. The molecule has 0 spiro atoms. The van der Waals surface area contributed by atoms with Crippen LogP contribution < -0.4 is 0 Å². The third kappa shape index (κ3) is 2.77. The molecule has 1 nitrogen and oxygen atoms in total. The van der Waals surface area contributed by atoms with Crippen LogP contribution in [0.15, 0.2) is 42.5 Å². The van der Waals surface area contributed by atoms with E-state index in [2.05, 4.69) is 18.2 Å². The third-order valence-electron chi connectivity index (χ3n) is 4.53. The maximum atomic E-state index is 12.9. The molecule has 3 rings (SSSR count). The zero-order valence-electron chi connectivity index (χ0n) is 12.0. The van der Waals surface area contributed by atoms with E-state index in [1.54, 1.807) is 0 Å². The first-order chi connectivity index (χ1) is 9.86. The van der Waals surface area contributed by atoms with E-state index in [0.29, 0.717) is 5.78 Å². The quantitative estimate of drug-likeness (QED) is 0.667. The highest BCUT2D eigenvalue weighted by Crippen LogP contribution is 2.28. The van der Waals surface area contributed by atoms with E-state index in [1.165, 1.54) is 37.5 Å². The number of ketones is 1. The van der Waals surface area contributed by atoms with E-state index >= 15 is 0 Å². The highest BCUT2D eigenvalue weighted by atomic mass is 16.1. The highest BCUT2D eigenvalue weighted by molar-refractivity contribution is 6.09. The van der Waals surface area contributed by atoms with Gasteiger partial charge in [0.2, 0.25) is 0 Å². The van der Waals surface area contributed by atoms with Gasteiger partial charge in [-0.3, -0.25) is 4.79 Å². The minimum Gasteiger partial charge on any atom is -0.294 e. The topological polar surface area (TPSA) is 17.1 Å². The summed E-state index contributed by atoms with van der Waals surface area (Å²) in [7, 11) is 0. The van der Waals surface area contributed by atoms with Gasteiger partial charge < -0.3 is 0 Å². The van der Waals surface area contributed by atoms with Crippen LogP contribution >= 0.6 is 0 Å². The van der Waals surface area contributed by atoms with Crippen LogP contribution in [-0.2, 0) is 0 Å². The Labute approximate surface area is 121 Å². The first kappa shape index (κ1) is 13.4. The molecule has 0 aromatic heterocycles. The van der Waals surface area contributed by atoms with Gasteiger partial charge in [0.25, 0.3) is 0 Å².